The molecule has 218 valence electrons. The lowest BCUT2D eigenvalue weighted by atomic mass is 9.91. The van der Waals surface area contributed by atoms with Gasteiger partial charge in [0, 0.05) is 34.6 Å². The van der Waals surface area contributed by atoms with Gasteiger partial charge in [0.1, 0.15) is 0 Å². The standard InChI is InChI=1S/C40H27N5O/c1-46-40-41-24-32(25-42-40)29-20-30(36-23-28-16-8-9-17-33(28)34-18-10-11-19-35(34)36)22-31(21-29)39-44-37(26-12-4-2-5-13-26)43-38(45-39)27-14-6-3-7-15-27/h2-25H,1H3. The Labute approximate surface area is 266 Å². The topological polar surface area (TPSA) is 73.7 Å². The van der Waals surface area contributed by atoms with E-state index in [2.05, 4.69) is 82.8 Å². The highest BCUT2D eigenvalue weighted by atomic mass is 16.5. The lowest BCUT2D eigenvalue weighted by Crippen LogP contribution is -2.00. The minimum Gasteiger partial charge on any atom is -0.467 e. The monoisotopic (exact) mass is 593 g/mol. The number of hydrogen-bond acceptors (Lipinski definition) is 6. The minimum absolute atomic E-state index is 0.318. The van der Waals surface area contributed by atoms with Gasteiger partial charge in [0.05, 0.1) is 7.11 Å². The zero-order valence-corrected chi connectivity index (χ0v) is 25.0. The van der Waals surface area contributed by atoms with Crippen LogP contribution in [0.3, 0.4) is 0 Å². The van der Waals surface area contributed by atoms with Crippen LogP contribution in [-0.2, 0) is 0 Å². The number of methoxy groups -OCH3 is 1. The summed E-state index contributed by atoms with van der Waals surface area (Å²) < 4.78 is 5.24. The maximum atomic E-state index is 5.24. The van der Waals surface area contributed by atoms with Gasteiger partial charge >= 0.3 is 6.01 Å². The third kappa shape index (κ3) is 5.12. The van der Waals surface area contributed by atoms with Gasteiger partial charge in [-0.15, -0.1) is 0 Å². The van der Waals surface area contributed by atoms with Crippen LogP contribution in [0.4, 0.5) is 0 Å². The SMILES string of the molecule is COc1ncc(-c2cc(-c3nc(-c4ccccc4)nc(-c4ccccc4)n3)cc(-c3cc4ccccc4c4ccccc34)c2)cn1. The van der Waals surface area contributed by atoms with Gasteiger partial charge in [-0.3, -0.25) is 0 Å². The van der Waals surface area contributed by atoms with E-state index in [1.165, 1.54) is 21.5 Å². The molecule has 0 aliphatic rings. The van der Waals surface area contributed by atoms with Crippen molar-refractivity contribution in [2.24, 2.45) is 0 Å². The van der Waals surface area contributed by atoms with E-state index in [0.717, 1.165) is 38.9 Å². The van der Waals surface area contributed by atoms with Crippen LogP contribution < -0.4 is 4.74 Å². The van der Waals surface area contributed by atoms with Crippen LogP contribution in [0.25, 0.3) is 78.0 Å². The molecule has 0 saturated heterocycles. The molecule has 6 aromatic carbocycles. The van der Waals surface area contributed by atoms with Gasteiger partial charge in [-0.25, -0.2) is 24.9 Å². The van der Waals surface area contributed by atoms with Crippen molar-refractivity contribution in [3.05, 3.63) is 146 Å². The smallest absolute Gasteiger partial charge is 0.316 e. The average Bonchev–Trinajstić information content (AvgIpc) is 3.15. The van der Waals surface area contributed by atoms with Crippen LogP contribution in [-0.4, -0.2) is 32.0 Å². The Bertz CT molecular complexity index is 2280. The number of fused-ring (bicyclic) bond motifs is 3. The predicted octanol–water partition coefficient (Wildman–Crippen LogP) is 9.31. The van der Waals surface area contributed by atoms with Crippen molar-refractivity contribution >= 4 is 21.5 Å². The Morgan fingerprint density at radius 1 is 0.413 bits per heavy atom. The lowest BCUT2D eigenvalue weighted by Gasteiger charge is -2.15. The van der Waals surface area contributed by atoms with Crippen molar-refractivity contribution < 1.29 is 4.74 Å². The summed E-state index contributed by atoms with van der Waals surface area (Å²) in [6.45, 7) is 0. The zero-order chi connectivity index (χ0) is 30.9. The van der Waals surface area contributed by atoms with Crippen LogP contribution in [0, 0.1) is 0 Å². The van der Waals surface area contributed by atoms with Crippen molar-refractivity contribution in [2.75, 3.05) is 7.11 Å². The average molecular weight is 594 g/mol. The maximum Gasteiger partial charge on any atom is 0.316 e. The molecule has 0 aliphatic heterocycles. The molecule has 0 amide bonds. The number of rotatable bonds is 6. The first-order valence-electron chi connectivity index (χ1n) is 15.0. The molecule has 0 radical (unpaired) electrons. The summed E-state index contributed by atoms with van der Waals surface area (Å²) in [7, 11) is 1.56. The summed E-state index contributed by atoms with van der Waals surface area (Å²) in [5, 5.41) is 4.77. The summed E-state index contributed by atoms with van der Waals surface area (Å²) in [5.41, 5.74) is 6.65. The Morgan fingerprint density at radius 2 is 0.913 bits per heavy atom. The van der Waals surface area contributed by atoms with E-state index in [1.807, 2.05) is 60.7 Å². The minimum atomic E-state index is 0.318. The third-order valence-corrected chi connectivity index (χ3v) is 8.11. The van der Waals surface area contributed by atoms with Crippen LogP contribution >= 0.6 is 0 Å². The number of nitrogens with zero attached hydrogens (tertiary/aromatic N) is 5. The fraction of sp³-hybridized carbons (Fsp3) is 0.0250. The van der Waals surface area contributed by atoms with Gasteiger partial charge in [-0.1, -0.05) is 109 Å². The predicted molar refractivity (Wildman–Crippen MR) is 184 cm³/mol. The second-order valence-corrected chi connectivity index (χ2v) is 11.0. The van der Waals surface area contributed by atoms with E-state index in [1.54, 1.807) is 19.5 Å². The molecule has 0 N–H and O–H groups in total. The van der Waals surface area contributed by atoms with Crippen LogP contribution in [0.5, 0.6) is 6.01 Å². The Morgan fingerprint density at radius 3 is 1.54 bits per heavy atom. The molecule has 0 spiro atoms. The Kier molecular flexibility index (Phi) is 6.92. The lowest BCUT2D eigenvalue weighted by molar-refractivity contribution is 0.380. The summed E-state index contributed by atoms with van der Waals surface area (Å²) in [4.78, 5) is 23.8. The number of hydrogen-bond donors (Lipinski definition) is 0. The van der Waals surface area contributed by atoms with Crippen molar-refractivity contribution in [3.63, 3.8) is 0 Å². The first kappa shape index (κ1) is 27.3. The van der Waals surface area contributed by atoms with Crippen molar-refractivity contribution in [1.82, 2.24) is 24.9 Å². The van der Waals surface area contributed by atoms with Gasteiger partial charge in [0.15, 0.2) is 17.5 Å². The molecule has 0 atom stereocenters. The molecule has 2 heterocycles. The summed E-state index contributed by atoms with van der Waals surface area (Å²) in [5.74, 6) is 1.80. The highest BCUT2D eigenvalue weighted by Gasteiger charge is 2.16. The highest BCUT2D eigenvalue weighted by molar-refractivity contribution is 6.14. The van der Waals surface area contributed by atoms with Gasteiger partial charge < -0.3 is 4.74 Å². The summed E-state index contributed by atoms with van der Waals surface area (Å²) >= 11 is 0. The van der Waals surface area contributed by atoms with Crippen LogP contribution in [0.1, 0.15) is 0 Å². The molecule has 0 bridgehead atoms. The van der Waals surface area contributed by atoms with Crippen molar-refractivity contribution in [2.45, 2.75) is 0 Å². The van der Waals surface area contributed by atoms with Gasteiger partial charge in [-0.05, 0) is 62.5 Å². The largest absolute Gasteiger partial charge is 0.467 e. The van der Waals surface area contributed by atoms with Crippen molar-refractivity contribution in [1.29, 1.82) is 0 Å². The van der Waals surface area contributed by atoms with Gasteiger partial charge in [0.25, 0.3) is 0 Å². The first-order chi connectivity index (χ1) is 22.7. The second kappa shape index (κ2) is 11.7. The molecule has 6 nitrogen and oxygen atoms in total. The quantitative estimate of drug-likeness (QED) is 0.179. The molecular formula is C40H27N5O. The van der Waals surface area contributed by atoms with E-state index >= 15 is 0 Å². The fourth-order valence-corrected chi connectivity index (χ4v) is 5.88. The molecular weight excluding hydrogens is 566 g/mol. The molecule has 0 unspecified atom stereocenters. The number of aromatic nitrogens is 5. The molecule has 8 rings (SSSR count). The molecule has 6 heteroatoms. The fourth-order valence-electron chi connectivity index (χ4n) is 5.88. The van der Waals surface area contributed by atoms with Crippen LogP contribution in [0.15, 0.2) is 146 Å². The zero-order valence-electron chi connectivity index (χ0n) is 25.0. The van der Waals surface area contributed by atoms with E-state index in [-0.39, 0.29) is 0 Å². The summed E-state index contributed by atoms with van der Waals surface area (Å²) in [6, 6.07) is 46.1. The Balaban J connectivity index is 1.40. The van der Waals surface area contributed by atoms with E-state index in [0.29, 0.717) is 23.5 Å². The number of benzene rings is 6. The third-order valence-electron chi connectivity index (χ3n) is 8.11. The van der Waals surface area contributed by atoms with Crippen molar-refractivity contribution in [3.8, 4) is 62.4 Å². The molecule has 2 aromatic heterocycles. The van der Waals surface area contributed by atoms with E-state index in [9.17, 15) is 0 Å². The van der Waals surface area contributed by atoms with E-state index < -0.39 is 0 Å². The molecule has 46 heavy (non-hydrogen) atoms. The molecule has 0 fully saturated rings. The maximum absolute atomic E-state index is 5.24. The van der Waals surface area contributed by atoms with Gasteiger partial charge in [-0.2, -0.15) is 0 Å². The molecule has 0 saturated carbocycles. The highest BCUT2D eigenvalue weighted by Crippen LogP contribution is 2.39. The molecule has 0 aliphatic carbocycles. The molecule has 8 aromatic rings. The van der Waals surface area contributed by atoms with Crippen LogP contribution in [0.2, 0.25) is 0 Å². The van der Waals surface area contributed by atoms with Gasteiger partial charge in [0.2, 0.25) is 0 Å². The first-order valence-corrected chi connectivity index (χ1v) is 15.0. The normalized spacial score (nSPS) is 11.2. The van der Waals surface area contributed by atoms with E-state index in [4.69, 9.17) is 19.7 Å². The second-order valence-electron chi connectivity index (χ2n) is 11.0. The number of ether oxygens (including phenoxy) is 1. The summed E-state index contributed by atoms with van der Waals surface area (Å²) in [6.07, 6.45) is 3.57. The Hall–Kier alpha value is -6.27.